The van der Waals surface area contributed by atoms with Gasteiger partial charge in [-0.15, -0.1) is 9.24 Å². The van der Waals surface area contributed by atoms with E-state index in [-0.39, 0.29) is 23.5 Å². The topological polar surface area (TPSA) is 63.0 Å². The number of hydrogen-bond donors (Lipinski definition) is 1. The van der Waals surface area contributed by atoms with Crippen LogP contribution in [0.5, 0.6) is 0 Å². The van der Waals surface area contributed by atoms with Gasteiger partial charge in [-0.2, -0.15) is 0 Å². The van der Waals surface area contributed by atoms with Crippen molar-refractivity contribution in [3.8, 4) is 0 Å². The summed E-state index contributed by atoms with van der Waals surface area (Å²) in [6.45, 7) is 6.38. The van der Waals surface area contributed by atoms with Crippen LogP contribution in [0.25, 0.3) is 0 Å². The molecule has 2 aliphatic rings. The van der Waals surface area contributed by atoms with E-state index in [4.69, 9.17) is 9.73 Å². The van der Waals surface area contributed by atoms with Gasteiger partial charge in [0.2, 0.25) is 0 Å². The number of carbonyl (C=O) groups is 1. The molecule has 0 radical (unpaired) electrons. The highest BCUT2D eigenvalue weighted by Gasteiger charge is 2.36. The summed E-state index contributed by atoms with van der Waals surface area (Å²) in [7, 11) is 4.40. The quantitative estimate of drug-likeness (QED) is 0.434. The van der Waals surface area contributed by atoms with Crippen LogP contribution >= 0.6 is 25.2 Å². The van der Waals surface area contributed by atoms with Crippen molar-refractivity contribution in [1.29, 1.82) is 0 Å². The minimum absolute atomic E-state index is 0.0334. The maximum Gasteiger partial charge on any atom is 0.307 e. The maximum atomic E-state index is 11.8. The summed E-state index contributed by atoms with van der Waals surface area (Å²) in [5, 5.41) is 3.57. The van der Waals surface area contributed by atoms with Crippen LogP contribution in [0.3, 0.4) is 0 Å². The normalized spacial score (nSPS) is 28.8. The third-order valence-electron chi connectivity index (χ3n) is 4.90. The first kappa shape index (κ1) is 19.8. The molecule has 4 unspecified atom stereocenters. The summed E-state index contributed by atoms with van der Waals surface area (Å²) in [4.78, 5) is 21.2. The first-order valence-corrected chi connectivity index (χ1v) is 10.1. The van der Waals surface area contributed by atoms with E-state index in [1.807, 2.05) is 0 Å². The molecule has 136 valence electrons. The fourth-order valence-electron chi connectivity index (χ4n) is 3.33. The van der Waals surface area contributed by atoms with E-state index in [0.717, 1.165) is 18.7 Å². The molecule has 2 rings (SSSR count). The van der Waals surface area contributed by atoms with Gasteiger partial charge in [-0.1, -0.05) is 27.2 Å². The van der Waals surface area contributed by atoms with Crippen molar-refractivity contribution in [3.05, 3.63) is 0 Å². The molecule has 1 aliphatic carbocycles. The number of fused-ring (bicyclic) bond motifs is 1. The van der Waals surface area contributed by atoms with Crippen molar-refractivity contribution >= 4 is 41.7 Å². The molecule has 0 amide bonds. The van der Waals surface area contributed by atoms with Crippen LogP contribution in [-0.2, 0) is 9.53 Å². The third kappa shape index (κ3) is 5.26. The van der Waals surface area contributed by atoms with Crippen LogP contribution in [0, 0.1) is 11.3 Å². The Hall–Kier alpha value is -0.480. The highest BCUT2D eigenvalue weighted by atomic mass is 79.9. The number of amidine groups is 2. The first-order chi connectivity index (χ1) is 11.2. The van der Waals surface area contributed by atoms with Crippen LogP contribution in [0.1, 0.15) is 52.9 Å². The van der Waals surface area contributed by atoms with Gasteiger partial charge in [0, 0.05) is 12.0 Å². The van der Waals surface area contributed by atoms with Crippen molar-refractivity contribution < 1.29 is 9.53 Å². The van der Waals surface area contributed by atoms with E-state index in [0.29, 0.717) is 22.7 Å². The molecule has 0 aromatic heterocycles. The zero-order valence-electron chi connectivity index (χ0n) is 15.0. The van der Waals surface area contributed by atoms with Gasteiger partial charge < -0.3 is 10.1 Å². The van der Waals surface area contributed by atoms with Gasteiger partial charge in [-0.25, -0.2) is 4.99 Å². The lowest BCUT2D eigenvalue weighted by Gasteiger charge is -2.36. The molecule has 1 aliphatic heterocycles. The van der Waals surface area contributed by atoms with Gasteiger partial charge in [-0.3, -0.25) is 9.79 Å². The lowest BCUT2D eigenvalue weighted by atomic mass is 9.83. The summed E-state index contributed by atoms with van der Waals surface area (Å²) < 4.78 is 5.53. The Labute approximate surface area is 155 Å². The molecule has 1 saturated carbocycles. The number of methoxy groups -OCH3 is 1. The summed E-state index contributed by atoms with van der Waals surface area (Å²) in [5.74, 6) is 1.05. The molecule has 0 aromatic carbocycles. The van der Waals surface area contributed by atoms with Crippen LogP contribution < -0.4 is 5.32 Å². The van der Waals surface area contributed by atoms with E-state index < -0.39 is 0 Å². The molecular formula is C17H29BrN3O2P. The minimum atomic E-state index is -0.201. The van der Waals surface area contributed by atoms with Gasteiger partial charge in [0.05, 0.1) is 19.6 Å². The highest BCUT2D eigenvalue weighted by molar-refractivity contribution is 9.18. The van der Waals surface area contributed by atoms with Crippen LogP contribution in [-0.4, -0.2) is 41.4 Å². The molecule has 0 spiro atoms. The number of nitrogens with zero attached hydrogens (tertiary/aromatic N) is 2. The molecule has 1 heterocycles. The monoisotopic (exact) mass is 417 g/mol. The van der Waals surface area contributed by atoms with Gasteiger partial charge in [-0.05, 0) is 46.3 Å². The van der Waals surface area contributed by atoms with Gasteiger partial charge in [0.1, 0.15) is 5.84 Å². The van der Waals surface area contributed by atoms with Crippen molar-refractivity contribution in [2.75, 3.05) is 7.11 Å². The first-order valence-electron chi connectivity index (χ1n) is 8.61. The van der Waals surface area contributed by atoms with Gasteiger partial charge >= 0.3 is 5.97 Å². The van der Waals surface area contributed by atoms with Crippen LogP contribution in [0.4, 0.5) is 0 Å². The summed E-state index contributed by atoms with van der Waals surface area (Å²) in [5.41, 5.74) is 0.506. The molecule has 1 fully saturated rings. The SMILES string of the molecule is COC(=O)C[C@@H](NC1=NC(Br)=NC2CCCC(P)CC12)C(C)(C)C. The second-order valence-electron chi connectivity index (χ2n) is 7.84. The zero-order chi connectivity index (χ0) is 17.9. The summed E-state index contributed by atoms with van der Waals surface area (Å²) >= 11 is 3.46. The predicted molar refractivity (Wildman–Crippen MR) is 106 cm³/mol. The van der Waals surface area contributed by atoms with E-state index in [9.17, 15) is 4.79 Å². The fourth-order valence-corrected chi connectivity index (χ4v) is 4.31. The zero-order valence-corrected chi connectivity index (χ0v) is 17.8. The largest absolute Gasteiger partial charge is 0.469 e. The molecular weight excluding hydrogens is 389 g/mol. The fraction of sp³-hybridized carbons (Fsp3) is 0.824. The van der Waals surface area contributed by atoms with Crippen LogP contribution in [0.15, 0.2) is 9.98 Å². The van der Waals surface area contributed by atoms with Gasteiger partial charge in [0.25, 0.3) is 0 Å². The number of hydrogen-bond acceptors (Lipinski definition) is 5. The Morgan fingerprint density at radius 3 is 2.79 bits per heavy atom. The molecule has 1 N–H and O–H groups in total. The lowest BCUT2D eigenvalue weighted by Crippen LogP contribution is -2.50. The number of esters is 1. The summed E-state index contributed by atoms with van der Waals surface area (Å²) in [6.07, 6.45) is 4.87. The Kier molecular flexibility index (Phi) is 6.83. The Balaban J connectivity index is 2.22. The second kappa shape index (κ2) is 8.27. The number of nitrogens with one attached hydrogen (secondary N) is 1. The molecule has 5 nitrogen and oxygen atoms in total. The molecule has 0 aromatic rings. The number of carbonyl (C=O) groups excluding carboxylic acids is 1. The Bertz CT molecular complexity index is 530. The molecule has 24 heavy (non-hydrogen) atoms. The smallest absolute Gasteiger partial charge is 0.307 e. The maximum absolute atomic E-state index is 11.8. The van der Waals surface area contributed by atoms with Gasteiger partial charge in [0.15, 0.2) is 4.74 Å². The number of halogens is 1. The van der Waals surface area contributed by atoms with E-state index >= 15 is 0 Å². The Morgan fingerprint density at radius 2 is 2.17 bits per heavy atom. The van der Waals surface area contributed by atoms with Crippen LogP contribution in [0.2, 0.25) is 0 Å². The molecule has 5 atom stereocenters. The molecule has 7 heteroatoms. The Morgan fingerprint density at radius 1 is 1.46 bits per heavy atom. The van der Waals surface area contributed by atoms with E-state index in [1.165, 1.54) is 20.0 Å². The lowest BCUT2D eigenvalue weighted by molar-refractivity contribution is -0.141. The molecule has 0 saturated heterocycles. The van der Waals surface area contributed by atoms with Crippen molar-refractivity contribution in [2.24, 2.45) is 21.3 Å². The molecule has 0 bridgehead atoms. The van der Waals surface area contributed by atoms with Crippen molar-refractivity contribution in [2.45, 2.75) is 70.6 Å². The second-order valence-corrected chi connectivity index (χ2v) is 9.49. The predicted octanol–water partition coefficient (Wildman–Crippen LogP) is 3.52. The number of ether oxygens (including phenoxy) is 1. The van der Waals surface area contributed by atoms with Crippen molar-refractivity contribution in [3.63, 3.8) is 0 Å². The number of aliphatic imine (C=N–C) groups is 2. The standard InChI is InChI=1S/C17H29BrN3O2P/c1-17(2,3)13(9-14(22)23-4)20-15-11-8-10(24)6-5-7-12(11)19-16(18)21-15/h10-13H,5-9,24H2,1-4H3,(H,19,20,21)/t10?,11?,12?,13-/m1/s1. The number of rotatable bonds is 3. The highest BCUT2D eigenvalue weighted by Crippen LogP contribution is 2.34. The van der Waals surface area contributed by atoms with Crippen molar-refractivity contribution in [1.82, 2.24) is 5.32 Å². The third-order valence-corrected chi connectivity index (χ3v) is 5.89. The van der Waals surface area contributed by atoms with E-state index in [1.54, 1.807) is 0 Å². The summed E-state index contributed by atoms with van der Waals surface area (Å²) in [6, 6.07) is 0.234. The average Bonchev–Trinajstić information content (AvgIpc) is 2.66. The minimum Gasteiger partial charge on any atom is -0.469 e. The van der Waals surface area contributed by atoms with E-state index in [2.05, 4.69) is 56.3 Å². The average molecular weight is 418 g/mol.